The van der Waals surface area contributed by atoms with Crippen LogP contribution in [0.2, 0.25) is 0 Å². The predicted octanol–water partition coefficient (Wildman–Crippen LogP) is 0.489. The highest BCUT2D eigenvalue weighted by Gasteiger charge is 2.56. The van der Waals surface area contributed by atoms with Crippen molar-refractivity contribution in [3.8, 4) is 5.75 Å². The smallest absolute Gasteiger partial charge is 0.240 e. The number of anilines is 1. The number of carbonyl (C=O) groups excluding carboxylic acids is 2. The van der Waals surface area contributed by atoms with Gasteiger partial charge in [0.05, 0.1) is 0 Å². The second-order valence-electron chi connectivity index (χ2n) is 4.78. The van der Waals surface area contributed by atoms with Crippen molar-refractivity contribution in [3.63, 3.8) is 0 Å². The molecule has 1 aromatic rings. The van der Waals surface area contributed by atoms with Crippen LogP contribution in [0.4, 0.5) is 5.69 Å². The van der Waals surface area contributed by atoms with E-state index in [0.717, 1.165) is 0 Å². The van der Waals surface area contributed by atoms with E-state index in [1.54, 1.807) is 31.3 Å². The van der Waals surface area contributed by atoms with Gasteiger partial charge in [0.2, 0.25) is 11.8 Å². The molecule has 6 nitrogen and oxygen atoms in total. The van der Waals surface area contributed by atoms with Crippen molar-refractivity contribution >= 4 is 17.5 Å². The van der Waals surface area contributed by atoms with E-state index in [9.17, 15) is 9.59 Å². The van der Waals surface area contributed by atoms with E-state index >= 15 is 0 Å². The van der Waals surface area contributed by atoms with E-state index in [1.165, 1.54) is 0 Å². The number of benzene rings is 1. The summed E-state index contributed by atoms with van der Waals surface area (Å²) < 4.78 is 5.35. The minimum absolute atomic E-state index is 0.224. The van der Waals surface area contributed by atoms with E-state index < -0.39 is 5.41 Å². The van der Waals surface area contributed by atoms with Crippen LogP contribution in [0.1, 0.15) is 12.8 Å². The first-order valence-corrected chi connectivity index (χ1v) is 6.59. The lowest BCUT2D eigenvalue weighted by Gasteiger charge is -2.14. The first-order chi connectivity index (χ1) is 9.62. The van der Waals surface area contributed by atoms with Crippen LogP contribution >= 0.6 is 0 Å². The molecule has 1 fully saturated rings. The molecule has 1 aliphatic rings. The molecule has 20 heavy (non-hydrogen) atoms. The second kappa shape index (κ2) is 5.92. The number of nitrogens with one attached hydrogen (secondary N) is 2. The zero-order chi connectivity index (χ0) is 14.6. The molecule has 0 saturated heterocycles. The Balaban J connectivity index is 1.96. The van der Waals surface area contributed by atoms with Gasteiger partial charge in [-0.2, -0.15) is 0 Å². The molecule has 1 saturated carbocycles. The van der Waals surface area contributed by atoms with Gasteiger partial charge in [0.15, 0.2) is 0 Å². The van der Waals surface area contributed by atoms with Crippen LogP contribution in [0, 0.1) is 5.41 Å². The van der Waals surface area contributed by atoms with Crippen molar-refractivity contribution in [2.75, 3.05) is 25.5 Å². The summed E-state index contributed by atoms with van der Waals surface area (Å²) in [5.41, 5.74) is 5.11. The summed E-state index contributed by atoms with van der Waals surface area (Å²) in [4.78, 5) is 23.8. The Bertz CT molecular complexity index is 495. The van der Waals surface area contributed by atoms with Gasteiger partial charge < -0.3 is 21.1 Å². The highest BCUT2D eigenvalue weighted by molar-refractivity contribution is 6.12. The Morgan fingerprint density at radius 2 is 1.90 bits per heavy atom. The molecule has 1 aromatic carbocycles. The minimum atomic E-state index is -0.885. The average Bonchev–Trinajstić information content (AvgIpc) is 3.27. The summed E-state index contributed by atoms with van der Waals surface area (Å²) in [6.45, 7) is 0.901. The maximum atomic E-state index is 12.1. The monoisotopic (exact) mass is 277 g/mol. The van der Waals surface area contributed by atoms with Crippen molar-refractivity contribution in [1.82, 2.24) is 5.32 Å². The number of amides is 2. The molecule has 6 heteroatoms. The molecular formula is C14H19N3O3. The van der Waals surface area contributed by atoms with Crippen LogP contribution in [-0.2, 0) is 9.59 Å². The van der Waals surface area contributed by atoms with Crippen LogP contribution in [0.5, 0.6) is 5.75 Å². The molecule has 108 valence electrons. The van der Waals surface area contributed by atoms with Gasteiger partial charge in [-0.15, -0.1) is 0 Å². The Morgan fingerprint density at radius 3 is 2.40 bits per heavy atom. The van der Waals surface area contributed by atoms with Crippen molar-refractivity contribution in [2.45, 2.75) is 12.8 Å². The zero-order valence-electron chi connectivity index (χ0n) is 11.4. The van der Waals surface area contributed by atoms with E-state index in [1.807, 2.05) is 0 Å². The third-order valence-corrected chi connectivity index (χ3v) is 3.35. The lowest BCUT2D eigenvalue weighted by Crippen LogP contribution is -2.38. The summed E-state index contributed by atoms with van der Waals surface area (Å²) in [5.74, 6) is 0.214. The molecule has 1 aliphatic carbocycles. The number of ether oxygens (including phenoxy) is 1. The summed E-state index contributed by atoms with van der Waals surface area (Å²) in [5, 5.41) is 5.30. The molecule has 2 amide bonds. The van der Waals surface area contributed by atoms with E-state index in [0.29, 0.717) is 37.4 Å². The number of nitrogens with two attached hydrogens (primary N) is 1. The minimum Gasteiger partial charge on any atom is -0.492 e. The first kappa shape index (κ1) is 14.3. The maximum absolute atomic E-state index is 12.1. The van der Waals surface area contributed by atoms with Crippen molar-refractivity contribution in [2.24, 2.45) is 11.1 Å². The van der Waals surface area contributed by atoms with Crippen LogP contribution in [0.3, 0.4) is 0 Å². The lowest BCUT2D eigenvalue weighted by molar-refractivity contribution is -0.134. The molecule has 0 bridgehead atoms. The normalized spacial score (nSPS) is 15.3. The number of carbonyl (C=O) groups is 2. The summed E-state index contributed by atoms with van der Waals surface area (Å²) >= 11 is 0. The highest BCUT2D eigenvalue weighted by Crippen LogP contribution is 2.46. The fraction of sp³-hybridized carbons (Fsp3) is 0.429. The van der Waals surface area contributed by atoms with Gasteiger partial charge in [0.1, 0.15) is 17.8 Å². The molecule has 0 aromatic heterocycles. The number of hydrogen-bond donors (Lipinski definition) is 3. The second-order valence-corrected chi connectivity index (χ2v) is 4.78. The summed E-state index contributed by atoms with van der Waals surface area (Å²) in [7, 11) is 1.54. The largest absolute Gasteiger partial charge is 0.492 e. The predicted molar refractivity (Wildman–Crippen MR) is 75.4 cm³/mol. The third kappa shape index (κ3) is 2.91. The van der Waals surface area contributed by atoms with Crippen molar-refractivity contribution in [3.05, 3.63) is 24.3 Å². The fourth-order valence-electron chi connectivity index (χ4n) is 1.98. The van der Waals surface area contributed by atoms with Crippen LogP contribution < -0.4 is 21.1 Å². The fourth-order valence-corrected chi connectivity index (χ4v) is 1.98. The molecular weight excluding hydrogens is 258 g/mol. The van der Waals surface area contributed by atoms with Gasteiger partial charge in [0.25, 0.3) is 0 Å². The van der Waals surface area contributed by atoms with Gasteiger partial charge in [0, 0.05) is 19.3 Å². The van der Waals surface area contributed by atoms with Crippen LogP contribution in [-0.4, -0.2) is 32.0 Å². The van der Waals surface area contributed by atoms with E-state index in [-0.39, 0.29) is 11.8 Å². The van der Waals surface area contributed by atoms with Crippen molar-refractivity contribution < 1.29 is 14.3 Å². The quantitative estimate of drug-likeness (QED) is 0.660. The van der Waals surface area contributed by atoms with Crippen LogP contribution in [0.25, 0.3) is 0 Å². The van der Waals surface area contributed by atoms with Gasteiger partial charge >= 0.3 is 0 Å². The average molecular weight is 277 g/mol. The Morgan fingerprint density at radius 1 is 1.25 bits per heavy atom. The van der Waals surface area contributed by atoms with Gasteiger partial charge in [-0.1, -0.05) is 0 Å². The summed E-state index contributed by atoms with van der Waals surface area (Å²) in [6.07, 6.45) is 1.19. The van der Waals surface area contributed by atoms with Gasteiger partial charge in [-0.25, -0.2) is 0 Å². The molecule has 4 N–H and O–H groups in total. The SMILES string of the molecule is CNC(=O)C1(C(=O)Nc2ccc(OCCN)cc2)CC1. The molecule has 0 aliphatic heterocycles. The molecule has 0 spiro atoms. The van der Waals surface area contributed by atoms with Crippen LogP contribution in [0.15, 0.2) is 24.3 Å². The molecule has 2 rings (SSSR count). The lowest BCUT2D eigenvalue weighted by atomic mass is 10.1. The maximum Gasteiger partial charge on any atom is 0.240 e. The zero-order valence-corrected chi connectivity index (χ0v) is 11.4. The molecule has 0 heterocycles. The Hall–Kier alpha value is -2.08. The summed E-state index contributed by atoms with van der Waals surface area (Å²) in [6, 6.07) is 6.99. The topological polar surface area (TPSA) is 93.5 Å². The Labute approximate surface area is 117 Å². The highest BCUT2D eigenvalue weighted by atomic mass is 16.5. The number of hydrogen-bond acceptors (Lipinski definition) is 4. The Kier molecular flexibility index (Phi) is 4.24. The van der Waals surface area contributed by atoms with Gasteiger partial charge in [-0.3, -0.25) is 9.59 Å². The van der Waals surface area contributed by atoms with E-state index in [4.69, 9.17) is 10.5 Å². The molecule has 0 unspecified atom stereocenters. The standard InChI is InChI=1S/C14H19N3O3/c1-16-12(18)14(6-7-14)13(19)17-10-2-4-11(5-3-10)20-9-8-15/h2-5H,6-9,15H2,1H3,(H,16,18)(H,17,19). The number of rotatable bonds is 6. The third-order valence-electron chi connectivity index (χ3n) is 3.35. The molecule has 0 atom stereocenters. The van der Waals surface area contributed by atoms with Gasteiger partial charge in [-0.05, 0) is 37.1 Å². The first-order valence-electron chi connectivity index (χ1n) is 6.59. The van der Waals surface area contributed by atoms with E-state index in [2.05, 4.69) is 10.6 Å². The van der Waals surface area contributed by atoms with Crippen molar-refractivity contribution in [1.29, 1.82) is 0 Å². The molecule has 0 radical (unpaired) electrons.